The number of piperazine rings is 1. The van der Waals surface area contributed by atoms with Crippen LogP contribution in [0.4, 0.5) is 5.69 Å². The number of carbonyl (C=O) groups is 2. The lowest BCUT2D eigenvalue weighted by Gasteiger charge is -2.37. The van der Waals surface area contributed by atoms with Crippen LogP contribution in [0.1, 0.15) is 21.5 Å². The van der Waals surface area contributed by atoms with Gasteiger partial charge in [0.15, 0.2) is 6.61 Å². The first kappa shape index (κ1) is 18.8. The van der Waals surface area contributed by atoms with Crippen LogP contribution in [0.5, 0.6) is 5.75 Å². The summed E-state index contributed by atoms with van der Waals surface area (Å²) in [7, 11) is 0. The summed E-state index contributed by atoms with van der Waals surface area (Å²) in [6.45, 7) is 6.64. The maximum atomic E-state index is 12.3. The van der Waals surface area contributed by atoms with E-state index in [-0.39, 0.29) is 18.3 Å². The van der Waals surface area contributed by atoms with E-state index in [1.165, 1.54) is 41.1 Å². The zero-order valence-electron chi connectivity index (χ0n) is 15.6. The number of anilines is 1. The number of ether oxygens (including phenoxy) is 1. The molecule has 2 aromatic rings. The van der Waals surface area contributed by atoms with Crippen molar-refractivity contribution < 1.29 is 19.4 Å². The molecule has 6 nitrogen and oxygen atoms in total. The molecule has 2 aromatic carbocycles. The smallest absolute Gasteiger partial charge is 0.338 e. The Labute approximate surface area is 159 Å². The van der Waals surface area contributed by atoms with Crippen LogP contribution in [0.3, 0.4) is 0 Å². The zero-order valence-corrected chi connectivity index (χ0v) is 15.6. The Morgan fingerprint density at radius 1 is 1.00 bits per heavy atom. The molecule has 0 unspecified atom stereocenters. The normalized spacial score (nSPS) is 14.1. The number of esters is 1. The minimum atomic E-state index is -0.572. The summed E-state index contributed by atoms with van der Waals surface area (Å²) < 4.78 is 5.10. The lowest BCUT2D eigenvalue weighted by atomic mass is 10.1. The van der Waals surface area contributed by atoms with Gasteiger partial charge in [0.05, 0.1) is 5.56 Å². The van der Waals surface area contributed by atoms with Gasteiger partial charge in [0.1, 0.15) is 5.75 Å². The Morgan fingerprint density at radius 2 is 1.67 bits per heavy atom. The van der Waals surface area contributed by atoms with Crippen molar-refractivity contribution in [3.05, 3.63) is 59.2 Å². The van der Waals surface area contributed by atoms with Gasteiger partial charge in [-0.2, -0.15) is 0 Å². The van der Waals surface area contributed by atoms with Crippen molar-refractivity contribution >= 4 is 17.6 Å². The van der Waals surface area contributed by atoms with Gasteiger partial charge in [-0.15, -0.1) is 0 Å². The molecule has 1 N–H and O–H groups in total. The monoisotopic (exact) mass is 368 g/mol. The summed E-state index contributed by atoms with van der Waals surface area (Å²) in [4.78, 5) is 28.3. The number of rotatable bonds is 4. The van der Waals surface area contributed by atoms with Gasteiger partial charge in [0.25, 0.3) is 5.91 Å². The van der Waals surface area contributed by atoms with Crippen LogP contribution in [-0.4, -0.2) is 54.7 Å². The molecule has 0 saturated carbocycles. The van der Waals surface area contributed by atoms with Crippen molar-refractivity contribution in [2.24, 2.45) is 0 Å². The predicted octanol–water partition coefficient (Wildman–Crippen LogP) is 2.51. The molecule has 1 fully saturated rings. The fourth-order valence-corrected chi connectivity index (χ4v) is 3.17. The average molecular weight is 368 g/mol. The van der Waals surface area contributed by atoms with E-state index in [2.05, 4.69) is 36.9 Å². The molecule has 1 aliphatic heterocycles. The first-order chi connectivity index (χ1) is 13.0. The van der Waals surface area contributed by atoms with E-state index >= 15 is 0 Å². The Morgan fingerprint density at radius 3 is 2.33 bits per heavy atom. The Hall–Kier alpha value is -3.02. The van der Waals surface area contributed by atoms with Crippen molar-refractivity contribution in [1.82, 2.24) is 4.90 Å². The van der Waals surface area contributed by atoms with Crippen LogP contribution in [0.15, 0.2) is 42.5 Å². The lowest BCUT2D eigenvalue weighted by molar-refractivity contribution is -0.134. The Balaban J connectivity index is 1.50. The van der Waals surface area contributed by atoms with Crippen LogP contribution in [0.25, 0.3) is 0 Å². The van der Waals surface area contributed by atoms with Crippen LogP contribution in [0.2, 0.25) is 0 Å². The summed E-state index contributed by atoms with van der Waals surface area (Å²) in [5.41, 5.74) is 4.04. The first-order valence-corrected chi connectivity index (χ1v) is 9.01. The fraction of sp³-hybridized carbons (Fsp3) is 0.333. The molecule has 27 heavy (non-hydrogen) atoms. The fourth-order valence-electron chi connectivity index (χ4n) is 3.17. The van der Waals surface area contributed by atoms with Crippen LogP contribution >= 0.6 is 0 Å². The number of phenols is 1. The van der Waals surface area contributed by atoms with Crippen molar-refractivity contribution in [2.45, 2.75) is 13.8 Å². The summed E-state index contributed by atoms with van der Waals surface area (Å²) >= 11 is 0. The molecule has 0 spiro atoms. The molecule has 1 saturated heterocycles. The van der Waals surface area contributed by atoms with Gasteiger partial charge < -0.3 is 19.6 Å². The number of aromatic hydroxyl groups is 1. The second-order valence-electron chi connectivity index (χ2n) is 6.71. The average Bonchev–Trinajstić information content (AvgIpc) is 2.68. The van der Waals surface area contributed by atoms with E-state index < -0.39 is 5.97 Å². The van der Waals surface area contributed by atoms with E-state index in [1.54, 1.807) is 4.90 Å². The number of carbonyl (C=O) groups excluding carboxylic acids is 2. The quantitative estimate of drug-likeness (QED) is 0.840. The first-order valence-electron chi connectivity index (χ1n) is 9.01. The maximum Gasteiger partial charge on any atom is 0.338 e. The molecule has 0 radical (unpaired) electrons. The highest BCUT2D eigenvalue weighted by atomic mass is 16.5. The standard InChI is InChI=1S/C21H24N2O4/c1-15-4-3-5-19(16(15)2)22-10-12-23(13-11-22)20(25)14-27-21(26)17-6-8-18(24)9-7-17/h3-9,24H,10-14H2,1-2H3. The van der Waals surface area contributed by atoms with E-state index in [1.807, 2.05) is 0 Å². The lowest BCUT2D eigenvalue weighted by Crippen LogP contribution is -2.50. The van der Waals surface area contributed by atoms with Crippen LogP contribution in [0, 0.1) is 13.8 Å². The second-order valence-corrected chi connectivity index (χ2v) is 6.71. The molecule has 6 heteroatoms. The number of aryl methyl sites for hydroxylation is 1. The number of hydrogen-bond acceptors (Lipinski definition) is 5. The summed E-state index contributed by atoms with van der Waals surface area (Å²) in [6.07, 6.45) is 0. The van der Waals surface area contributed by atoms with Crippen LogP contribution < -0.4 is 4.90 Å². The molecule has 3 rings (SSSR count). The molecule has 1 heterocycles. The minimum Gasteiger partial charge on any atom is -0.508 e. The minimum absolute atomic E-state index is 0.0735. The third-order valence-electron chi connectivity index (χ3n) is 4.98. The van der Waals surface area contributed by atoms with E-state index in [9.17, 15) is 14.7 Å². The molecule has 0 aliphatic carbocycles. The molecule has 0 atom stereocenters. The van der Waals surface area contributed by atoms with Gasteiger partial charge in [-0.25, -0.2) is 4.79 Å². The summed E-state index contributed by atoms with van der Waals surface area (Å²) in [5.74, 6) is -0.690. The number of phenolic OH excluding ortho intramolecular Hbond substituents is 1. The van der Waals surface area contributed by atoms with E-state index in [0.717, 1.165) is 13.1 Å². The van der Waals surface area contributed by atoms with Gasteiger partial charge >= 0.3 is 5.97 Å². The predicted molar refractivity (Wildman–Crippen MR) is 103 cm³/mol. The molecular formula is C21H24N2O4. The topological polar surface area (TPSA) is 70.1 Å². The summed E-state index contributed by atoms with van der Waals surface area (Å²) in [6, 6.07) is 12.0. The number of nitrogens with zero attached hydrogens (tertiary/aromatic N) is 2. The second kappa shape index (κ2) is 8.12. The van der Waals surface area contributed by atoms with Gasteiger partial charge in [0, 0.05) is 31.9 Å². The van der Waals surface area contributed by atoms with E-state index in [0.29, 0.717) is 18.7 Å². The van der Waals surface area contributed by atoms with Crippen molar-refractivity contribution in [2.75, 3.05) is 37.7 Å². The van der Waals surface area contributed by atoms with E-state index in [4.69, 9.17) is 4.74 Å². The summed E-state index contributed by atoms with van der Waals surface area (Å²) in [5, 5.41) is 9.25. The van der Waals surface area contributed by atoms with Crippen molar-refractivity contribution in [1.29, 1.82) is 0 Å². The Kier molecular flexibility index (Phi) is 5.64. The molecule has 0 bridgehead atoms. The zero-order chi connectivity index (χ0) is 19.4. The molecular weight excluding hydrogens is 344 g/mol. The molecule has 0 aromatic heterocycles. The highest BCUT2D eigenvalue weighted by Crippen LogP contribution is 2.23. The third kappa shape index (κ3) is 4.39. The van der Waals surface area contributed by atoms with Crippen LogP contribution in [-0.2, 0) is 9.53 Å². The largest absolute Gasteiger partial charge is 0.508 e. The van der Waals surface area contributed by atoms with Crippen molar-refractivity contribution in [3.8, 4) is 5.75 Å². The van der Waals surface area contributed by atoms with Gasteiger partial charge in [-0.05, 0) is 55.3 Å². The van der Waals surface area contributed by atoms with Gasteiger partial charge in [-0.1, -0.05) is 12.1 Å². The molecule has 142 valence electrons. The van der Waals surface area contributed by atoms with Gasteiger partial charge in [-0.3, -0.25) is 4.79 Å². The molecule has 1 amide bonds. The SMILES string of the molecule is Cc1cccc(N2CCN(C(=O)COC(=O)c3ccc(O)cc3)CC2)c1C. The van der Waals surface area contributed by atoms with Gasteiger partial charge in [0.2, 0.25) is 0 Å². The Bertz CT molecular complexity index is 825. The van der Waals surface area contributed by atoms with Crippen molar-refractivity contribution in [3.63, 3.8) is 0 Å². The number of benzene rings is 2. The third-order valence-corrected chi connectivity index (χ3v) is 4.98. The highest BCUT2D eigenvalue weighted by molar-refractivity contribution is 5.91. The maximum absolute atomic E-state index is 12.3. The highest BCUT2D eigenvalue weighted by Gasteiger charge is 2.23. The number of hydrogen-bond donors (Lipinski definition) is 1. The molecule has 1 aliphatic rings. The number of amides is 1.